The van der Waals surface area contributed by atoms with E-state index in [4.69, 9.17) is 0 Å². The van der Waals surface area contributed by atoms with E-state index in [2.05, 4.69) is 9.98 Å². The number of hydrogen-bond acceptors (Lipinski definition) is 4. The largest absolute Gasteiger partial charge is 0.493 e. The van der Waals surface area contributed by atoms with E-state index in [1.165, 1.54) is 24.3 Å². The van der Waals surface area contributed by atoms with Crippen molar-refractivity contribution in [2.75, 3.05) is 0 Å². The fraction of sp³-hybridized carbons (Fsp3) is 0.150. The topological polar surface area (TPSA) is 87.4 Å². The quantitative estimate of drug-likeness (QED) is 0.694. The van der Waals surface area contributed by atoms with Crippen LogP contribution >= 0.6 is 0 Å². The van der Waals surface area contributed by atoms with Crippen LogP contribution in [0.3, 0.4) is 0 Å². The Hall–Kier alpha value is -3.48. The number of aliphatic imine (C=N–C) groups is 1. The Kier molecular flexibility index (Phi) is 5.03. The van der Waals surface area contributed by atoms with Crippen LogP contribution < -0.4 is 11.2 Å². The highest BCUT2D eigenvalue weighted by atomic mass is 19.1. The van der Waals surface area contributed by atoms with Gasteiger partial charge in [0, 0.05) is 0 Å². The van der Waals surface area contributed by atoms with Gasteiger partial charge in [0.15, 0.2) is 0 Å². The summed E-state index contributed by atoms with van der Waals surface area (Å²) in [6.07, 6.45) is 0.319. The molecule has 0 bridgehead atoms. The molecule has 0 aliphatic rings. The lowest BCUT2D eigenvalue weighted by atomic mass is 10.1. The third kappa shape index (κ3) is 3.57. The Morgan fingerprint density at radius 1 is 1.15 bits per heavy atom. The minimum Gasteiger partial charge on any atom is -0.493 e. The summed E-state index contributed by atoms with van der Waals surface area (Å²) in [7, 11) is 0. The van der Waals surface area contributed by atoms with Gasteiger partial charge in [-0.25, -0.2) is 13.8 Å². The summed E-state index contributed by atoms with van der Waals surface area (Å²) in [4.78, 5) is 31.3. The van der Waals surface area contributed by atoms with Crippen molar-refractivity contribution in [3.63, 3.8) is 0 Å². The zero-order valence-corrected chi connectivity index (χ0v) is 14.9. The van der Waals surface area contributed by atoms with Crippen LogP contribution in [0.25, 0.3) is 5.69 Å². The van der Waals surface area contributed by atoms with Crippen molar-refractivity contribution >= 4 is 11.4 Å². The van der Waals surface area contributed by atoms with E-state index in [0.717, 1.165) is 10.1 Å². The SMILES string of the molecule is CCC(=Nc1ccc(F)cc1)c1c(O)n(-c2ccccc2C)c(=O)[nH]c1=O. The van der Waals surface area contributed by atoms with Gasteiger partial charge in [-0.3, -0.25) is 14.8 Å². The molecule has 0 radical (unpaired) electrons. The standard InChI is InChI=1S/C20H18FN3O3/c1-3-15(22-14-10-8-13(21)9-11-14)17-18(25)23-20(27)24(19(17)26)16-7-5-4-6-12(16)2/h4-11,26H,3H2,1-2H3,(H,23,25,27). The lowest BCUT2D eigenvalue weighted by Crippen LogP contribution is -2.33. The number of aromatic amines is 1. The van der Waals surface area contributed by atoms with Gasteiger partial charge in [-0.05, 0) is 49.2 Å². The van der Waals surface area contributed by atoms with E-state index in [1.807, 2.05) is 0 Å². The van der Waals surface area contributed by atoms with Crippen LogP contribution in [0.5, 0.6) is 5.88 Å². The van der Waals surface area contributed by atoms with Gasteiger partial charge in [0.1, 0.15) is 11.4 Å². The smallest absolute Gasteiger partial charge is 0.335 e. The maximum Gasteiger partial charge on any atom is 0.335 e. The van der Waals surface area contributed by atoms with Gasteiger partial charge in [-0.2, -0.15) is 0 Å². The Morgan fingerprint density at radius 3 is 2.44 bits per heavy atom. The highest BCUT2D eigenvalue weighted by molar-refractivity contribution is 6.03. The van der Waals surface area contributed by atoms with E-state index in [0.29, 0.717) is 17.8 Å². The predicted octanol–water partition coefficient (Wildman–Crippen LogP) is 3.21. The molecule has 7 heteroatoms. The van der Waals surface area contributed by atoms with Gasteiger partial charge in [0.25, 0.3) is 5.56 Å². The first-order valence-electron chi connectivity index (χ1n) is 8.40. The monoisotopic (exact) mass is 367 g/mol. The number of halogens is 1. The molecule has 0 aliphatic carbocycles. The van der Waals surface area contributed by atoms with Crippen LogP contribution in [0.15, 0.2) is 63.1 Å². The average Bonchev–Trinajstić information content (AvgIpc) is 2.63. The minimum absolute atomic E-state index is 0.0929. The number of aromatic hydroxyl groups is 1. The van der Waals surface area contributed by atoms with Crippen LogP contribution in [0.4, 0.5) is 10.1 Å². The van der Waals surface area contributed by atoms with Crippen LogP contribution in [-0.4, -0.2) is 20.4 Å². The first-order valence-corrected chi connectivity index (χ1v) is 8.40. The molecule has 2 N–H and O–H groups in total. The van der Waals surface area contributed by atoms with Crippen molar-refractivity contribution in [3.05, 3.63) is 86.3 Å². The molecule has 0 aliphatic heterocycles. The molecular weight excluding hydrogens is 349 g/mol. The third-order valence-corrected chi connectivity index (χ3v) is 4.16. The number of benzene rings is 2. The third-order valence-electron chi connectivity index (χ3n) is 4.16. The first-order chi connectivity index (χ1) is 12.9. The molecule has 3 rings (SSSR count). The number of para-hydroxylation sites is 1. The molecule has 0 spiro atoms. The van der Waals surface area contributed by atoms with E-state index >= 15 is 0 Å². The normalized spacial score (nSPS) is 11.6. The van der Waals surface area contributed by atoms with E-state index in [9.17, 15) is 19.1 Å². The van der Waals surface area contributed by atoms with Crippen LogP contribution in [0.1, 0.15) is 24.5 Å². The average molecular weight is 367 g/mol. The summed E-state index contributed by atoms with van der Waals surface area (Å²) in [6.45, 7) is 3.56. The van der Waals surface area contributed by atoms with Crippen molar-refractivity contribution in [1.29, 1.82) is 0 Å². The van der Waals surface area contributed by atoms with Gasteiger partial charge >= 0.3 is 5.69 Å². The molecule has 138 valence electrons. The zero-order chi connectivity index (χ0) is 19.6. The molecule has 0 unspecified atom stereocenters. The Bertz CT molecular complexity index is 1130. The molecule has 6 nitrogen and oxygen atoms in total. The molecule has 2 aromatic carbocycles. The fourth-order valence-corrected chi connectivity index (χ4v) is 2.81. The number of hydrogen-bond donors (Lipinski definition) is 2. The minimum atomic E-state index is -0.743. The number of aryl methyl sites for hydroxylation is 1. The molecule has 0 saturated heterocycles. The van der Waals surface area contributed by atoms with Gasteiger partial charge < -0.3 is 5.11 Å². The first kappa shape index (κ1) is 18.3. The zero-order valence-electron chi connectivity index (χ0n) is 14.9. The maximum atomic E-state index is 13.1. The Morgan fingerprint density at radius 2 is 1.81 bits per heavy atom. The summed E-state index contributed by atoms with van der Waals surface area (Å²) < 4.78 is 14.1. The van der Waals surface area contributed by atoms with Crippen LogP contribution in [-0.2, 0) is 0 Å². The van der Waals surface area contributed by atoms with Crippen LogP contribution in [0.2, 0.25) is 0 Å². The molecule has 1 aromatic heterocycles. The molecule has 0 atom stereocenters. The predicted molar refractivity (Wildman–Crippen MR) is 102 cm³/mol. The number of rotatable bonds is 4. The fourth-order valence-electron chi connectivity index (χ4n) is 2.81. The molecule has 1 heterocycles. The second kappa shape index (κ2) is 7.41. The number of H-pyrrole nitrogens is 1. The maximum absolute atomic E-state index is 13.1. The van der Waals surface area contributed by atoms with Crippen molar-refractivity contribution < 1.29 is 9.50 Å². The summed E-state index contributed by atoms with van der Waals surface area (Å²) >= 11 is 0. The Labute approximate surface area is 154 Å². The number of nitrogens with one attached hydrogen (secondary N) is 1. The molecular formula is C20H18FN3O3. The number of aromatic nitrogens is 2. The Balaban J connectivity index is 2.25. The van der Waals surface area contributed by atoms with Crippen molar-refractivity contribution in [3.8, 4) is 11.6 Å². The summed E-state index contributed by atoms with van der Waals surface area (Å²) in [5.41, 5.74) is 0.349. The highest BCUT2D eigenvalue weighted by Gasteiger charge is 2.20. The summed E-state index contributed by atoms with van der Waals surface area (Å²) in [5, 5.41) is 10.8. The van der Waals surface area contributed by atoms with E-state index in [-0.39, 0.29) is 11.3 Å². The van der Waals surface area contributed by atoms with Gasteiger partial charge in [-0.1, -0.05) is 25.1 Å². The lowest BCUT2D eigenvalue weighted by molar-refractivity contribution is 0.429. The van der Waals surface area contributed by atoms with E-state index < -0.39 is 22.9 Å². The second-order valence-electron chi connectivity index (χ2n) is 5.97. The van der Waals surface area contributed by atoms with Crippen LogP contribution in [0, 0.1) is 12.7 Å². The second-order valence-corrected chi connectivity index (χ2v) is 5.97. The van der Waals surface area contributed by atoms with Gasteiger partial charge in [0.2, 0.25) is 5.88 Å². The van der Waals surface area contributed by atoms with E-state index in [1.54, 1.807) is 38.1 Å². The van der Waals surface area contributed by atoms with Gasteiger partial charge in [0.05, 0.1) is 17.1 Å². The van der Waals surface area contributed by atoms with Crippen molar-refractivity contribution in [2.24, 2.45) is 4.99 Å². The molecule has 0 saturated carbocycles. The van der Waals surface area contributed by atoms with Crippen molar-refractivity contribution in [2.45, 2.75) is 20.3 Å². The highest BCUT2D eigenvalue weighted by Crippen LogP contribution is 2.22. The molecule has 3 aromatic rings. The van der Waals surface area contributed by atoms with Gasteiger partial charge in [-0.15, -0.1) is 0 Å². The van der Waals surface area contributed by atoms with Crippen molar-refractivity contribution in [1.82, 2.24) is 9.55 Å². The summed E-state index contributed by atoms with van der Waals surface area (Å²) in [5.74, 6) is -0.887. The number of nitrogens with zero attached hydrogens (tertiary/aromatic N) is 2. The summed E-state index contributed by atoms with van der Waals surface area (Å²) in [6, 6.07) is 12.4. The molecule has 0 fully saturated rings. The lowest BCUT2D eigenvalue weighted by Gasteiger charge is -2.14. The molecule has 0 amide bonds. The molecule has 27 heavy (non-hydrogen) atoms.